The Kier molecular flexibility index (Phi) is 23.6. The first-order valence-corrected chi connectivity index (χ1v) is 25.3. The van der Waals surface area contributed by atoms with Gasteiger partial charge in [-0.3, -0.25) is 24.2 Å². The van der Waals surface area contributed by atoms with Gasteiger partial charge in [0.2, 0.25) is 17.7 Å². The summed E-state index contributed by atoms with van der Waals surface area (Å²) < 4.78 is 19.7. The molecule has 0 unspecified atom stereocenters. The molecule has 3 aromatic carbocycles. The fourth-order valence-corrected chi connectivity index (χ4v) is 8.79. The van der Waals surface area contributed by atoms with E-state index in [2.05, 4.69) is 42.7 Å². The number of ether oxygens (including phenoxy) is 3. The molecule has 0 fully saturated rings. The molecule has 0 aliphatic carbocycles. The molecule has 0 N–H and O–H groups in total. The summed E-state index contributed by atoms with van der Waals surface area (Å²) in [6, 6.07) is 24.2. The minimum Gasteiger partial charge on any atom is -0.492 e. The van der Waals surface area contributed by atoms with E-state index < -0.39 is 0 Å². The van der Waals surface area contributed by atoms with Gasteiger partial charge in [-0.1, -0.05) is 127 Å². The summed E-state index contributed by atoms with van der Waals surface area (Å²) in [6.07, 6.45) is 14.6. The third-order valence-corrected chi connectivity index (χ3v) is 12.8. The molecule has 0 spiro atoms. The molecule has 3 aliphatic rings. The largest absolute Gasteiger partial charge is 0.492 e. The summed E-state index contributed by atoms with van der Waals surface area (Å²) in [6.45, 7) is 14.2. The smallest absolute Gasteiger partial charge is 0.227 e. The molecule has 0 saturated heterocycles. The molecule has 3 amide bonds. The van der Waals surface area contributed by atoms with E-state index in [1.54, 1.807) is 0 Å². The first kappa shape index (κ1) is 51.4. The summed E-state index contributed by atoms with van der Waals surface area (Å²) in [7, 11) is 0. The molecule has 3 heterocycles. The summed E-state index contributed by atoms with van der Waals surface area (Å²) >= 11 is 0. The zero-order chi connectivity index (χ0) is 45.9. The Morgan fingerprint density at radius 1 is 0.431 bits per heavy atom. The van der Waals surface area contributed by atoms with Crippen LogP contribution in [0.1, 0.15) is 135 Å². The molecule has 3 aliphatic heterocycles. The molecule has 358 valence electrons. The molecule has 6 rings (SSSR count). The number of carbonyl (C=O) groups is 3. The van der Waals surface area contributed by atoms with Gasteiger partial charge in [-0.05, 0) is 56.5 Å². The number of carbonyl (C=O) groups excluding carboxylic acids is 3. The number of amides is 3. The molecule has 11 nitrogen and oxygen atoms in total. The Morgan fingerprint density at radius 3 is 1.34 bits per heavy atom. The average molecular weight is 896 g/mol. The Labute approximate surface area is 391 Å². The van der Waals surface area contributed by atoms with E-state index in [1.807, 2.05) is 75.4 Å². The minimum absolute atomic E-state index is 0.112. The Hall–Kier alpha value is -4.61. The van der Waals surface area contributed by atoms with Crippen LogP contribution in [0.5, 0.6) is 17.2 Å². The second-order valence-corrected chi connectivity index (χ2v) is 17.9. The summed E-state index contributed by atoms with van der Waals surface area (Å²) in [5.74, 6) is 2.71. The second kappa shape index (κ2) is 29.8. The lowest BCUT2D eigenvalue weighted by Gasteiger charge is -2.32. The number of hydrogen-bond acceptors (Lipinski definition) is 8. The number of para-hydroxylation sites is 4. The molecule has 0 saturated carbocycles. The van der Waals surface area contributed by atoms with Crippen molar-refractivity contribution in [1.29, 1.82) is 0 Å². The highest BCUT2D eigenvalue weighted by Gasteiger charge is 2.24. The average Bonchev–Trinajstić information content (AvgIpc) is 3.31. The van der Waals surface area contributed by atoms with Gasteiger partial charge >= 0.3 is 0 Å². The van der Waals surface area contributed by atoms with E-state index in [-0.39, 0.29) is 17.7 Å². The standard InChI is InChI=1S/C54H81N5O6/c1-4-7-10-13-29-52(60)57-36-34-55-32-22-33-59(54(62)31-15-12-9-6-3)48-25-18-21-28-51(48)65-43-40-56(38-41-63-49-26-19-16-23-46(49)44-57)39-42-64-50-27-20-17-24-47(50)45-58(37-35-55)53(61)30-14-11-8-5-2/h16-21,23-28H,4-15,22,29-45H2,1-3H3. The van der Waals surface area contributed by atoms with Gasteiger partial charge in [0.05, 0.1) is 5.69 Å². The molecule has 2 bridgehead atoms. The third-order valence-electron chi connectivity index (χ3n) is 12.8. The summed E-state index contributed by atoms with van der Waals surface area (Å²) in [5.41, 5.74) is 2.78. The van der Waals surface area contributed by atoms with E-state index in [9.17, 15) is 14.4 Å². The predicted molar refractivity (Wildman–Crippen MR) is 263 cm³/mol. The van der Waals surface area contributed by atoms with Crippen LogP contribution in [0, 0.1) is 0 Å². The highest BCUT2D eigenvalue weighted by atomic mass is 16.5. The maximum atomic E-state index is 14.2. The van der Waals surface area contributed by atoms with Gasteiger partial charge in [0.1, 0.15) is 37.1 Å². The van der Waals surface area contributed by atoms with Crippen molar-refractivity contribution in [2.45, 2.75) is 137 Å². The summed E-state index contributed by atoms with van der Waals surface area (Å²) in [5, 5.41) is 0. The van der Waals surface area contributed by atoms with E-state index in [1.165, 1.54) is 0 Å². The fourth-order valence-electron chi connectivity index (χ4n) is 8.79. The van der Waals surface area contributed by atoms with Crippen LogP contribution < -0.4 is 19.1 Å². The lowest BCUT2D eigenvalue weighted by Crippen LogP contribution is -2.43. The first-order chi connectivity index (χ1) is 31.9. The van der Waals surface area contributed by atoms with Crippen LogP contribution in [0.4, 0.5) is 5.69 Å². The zero-order valence-corrected chi connectivity index (χ0v) is 40.3. The number of anilines is 1. The van der Waals surface area contributed by atoms with Crippen LogP contribution in [0.3, 0.4) is 0 Å². The fraction of sp³-hybridized carbons (Fsp3) is 0.611. The van der Waals surface area contributed by atoms with E-state index in [0.717, 1.165) is 105 Å². The number of benzene rings is 3. The van der Waals surface area contributed by atoms with E-state index in [0.29, 0.717) is 123 Å². The van der Waals surface area contributed by atoms with Crippen LogP contribution in [-0.4, -0.2) is 116 Å². The molecule has 0 atom stereocenters. The van der Waals surface area contributed by atoms with Crippen LogP contribution in [0.2, 0.25) is 0 Å². The van der Waals surface area contributed by atoms with Crippen molar-refractivity contribution in [3.63, 3.8) is 0 Å². The minimum atomic E-state index is 0.112. The highest BCUT2D eigenvalue weighted by molar-refractivity contribution is 5.94. The van der Waals surface area contributed by atoms with Crippen molar-refractivity contribution in [1.82, 2.24) is 19.6 Å². The molecule has 65 heavy (non-hydrogen) atoms. The third kappa shape index (κ3) is 18.0. The van der Waals surface area contributed by atoms with Crippen molar-refractivity contribution >= 4 is 23.4 Å². The Balaban J connectivity index is 1.54. The van der Waals surface area contributed by atoms with Crippen molar-refractivity contribution in [3.8, 4) is 17.2 Å². The van der Waals surface area contributed by atoms with Crippen LogP contribution >= 0.6 is 0 Å². The van der Waals surface area contributed by atoms with Crippen LogP contribution in [0.25, 0.3) is 0 Å². The molecule has 0 radical (unpaired) electrons. The lowest BCUT2D eigenvalue weighted by molar-refractivity contribution is -0.132. The van der Waals surface area contributed by atoms with Gasteiger partial charge < -0.3 is 28.9 Å². The van der Waals surface area contributed by atoms with Gasteiger partial charge in [-0.15, -0.1) is 0 Å². The topological polar surface area (TPSA) is 95.1 Å². The van der Waals surface area contributed by atoms with Gasteiger partial charge in [0, 0.05) is 95.8 Å². The number of rotatable bonds is 15. The zero-order valence-electron chi connectivity index (χ0n) is 40.3. The molecular formula is C54H81N5O6. The Bertz CT molecular complexity index is 1750. The van der Waals surface area contributed by atoms with Gasteiger partial charge in [0.25, 0.3) is 0 Å². The van der Waals surface area contributed by atoms with Crippen molar-refractivity contribution < 1.29 is 28.6 Å². The normalized spacial score (nSPS) is 18.2. The molecule has 11 heteroatoms. The first-order valence-electron chi connectivity index (χ1n) is 25.3. The quantitative estimate of drug-likeness (QED) is 0.139. The Morgan fingerprint density at radius 2 is 0.846 bits per heavy atom. The van der Waals surface area contributed by atoms with Gasteiger partial charge in [-0.2, -0.15) is 0 Å². The van der Waals surface area contributed by atoms with Crippen molar-refractivity contribution in [2.24, 2.45) is 0 Å². The number of hydrogen-bond donors (Lipinski definition) is 0. The van der Waals surface area contributed by atoms with Crippen LogP contribution in [0.15, 0.2) is 72.8 Å². The maximum absolute atomic E-state index is 14.2. The van der Waals surface area contributed by atoms with Crippen LogP contribution in [-0.2, 0) is 27.5 Å². The maximum Gasteiger partial charge on any atom is 0.227 e. The van der Waals surface area contributed by atoms with Gasteiger partial charge in [0.15, 0.2) is 0 Å². The van der Waals surface area contributed by atoms with Crippen molar-refractivity contribution in [2.75, 3.05) is 83.6 Å². The van der Waals surface area contributed by atoms with E-state index in [4.69, 9.17) is 14.2 Å². The highest BCUT2D eigenvalue weighted by Crippen LogP contribution is 2.30. The lowest BCUT2D eigenvalue weighted by atomic mass is 10.1. The molecular weight excluding hydrogens is 815 g/mol. The second-order valence-electron chi connectivity index (χ2n) is 17.9. The predicted octanol–water partition coefficient (Wildman–Crippen LogP) is 10.1. The summed E-state index contributed by atoms with van der Waals surface area (Å²) in [4.78, 5) is 53.3. The van der Waals surface area contributed by atoms with Crippen molar-refractivity contribution in [3.05, 3.63) is 83.9 Å². The number of unbranched alkanes of at least 4 members (excludes halogenated alkanes) is 9. The van der Waals surface area contributed by atoms with E-state index >= 15 is 0 Å². The number of nitrogens with zero attached hydrogens (tertiary/aromatic N) is 5. The number of fused-ring (bicyclic) bond motifs is 15. The monoisotopic (exact) mass is 896 g/mol. The molecule has 0 aromatic heterocycles. The van der Waals surface area contributed by atoms with Gasteiger partial charge in [-0.25, -0.2) is 0 Å². The SMILES string of the molecule is CCCCCCC(=O)N1CCN2CCCN(C(=O)CCCCCC)c3ccccc3OCCN(CCOc3ccccc3C1)CCOc1ccccc1CN(C(=O)CCCCCC)CC2. The molecule has 3 aromatic rings.